The lowest BCUT2D eigenvalue weighted by Gasteiger charge is -2.01. The Morgan fingerprint density at radius 2 is 1.79 bits per heavy atom. The number of aryl methyl sites for hydroxylation is 1. The monoisotopic (exact) mass is 336 g/mol. The first-order valence-corrected chi connectivity index (χ1v) is 8.30. The topological polar surface area (TPSA) is 45.8 Å². The first kappa shape index (κ1) is 14.8. The van der Waals surface area contributed by atoms with Crippen molar-refractivity contribution in [3.05, 3.63) is 76.3 Å². The molecule has 5 heteroatoms. The smallest absolute Gasteiger partial charge is 0.260 e. The van der Waals surface area contributed by atoms with Gasteiger partial charge in [-0.1, -0.05) is 42.5 Å². The molecule has 24 heavy (non-hydrogen) atoms. The molecule has 0 saturated heterocycles. The van der Waals surface area contributed by atoms with E-state index in [-0.39, 0.29) is 11.4 Å². The van der Waals surface area contributed by atoms with Gasteiger partial charge in [-0.25, -0.2) is 9.37 Å². The number of nitrogens with one attached hydrogen (secondary N) is 1. The van der Waals surface area contributed by atoms with Gasteiger partial charge in [-0.3, -0.25) is 4.79 Å². The summed E-state index contributed by atoms with van der Waals surface area (Å²) >= 11 is 1.48. The number of H-pyrrole nitrogens is 1. The third-order valence-electron chi connectivity index (χ3n) is 3.93. The number of hydrogen-bond acceptors (Lipinski definition) is 3. The maximum absolute atomic E-state index is 13.4. The molecule has 3 nitrogen and oxygen atoms in total. The zero-order valence-electron chi connectivity index (χ0n) is 12.8. The van der Waals surface area contributed by atoms with Gasteiger partial charge in [0.2, 0.25) is 0 Å². The largest absolute Gasteiger partial charge is 0.306 e. The van der Waals surface area contributed by atoms with E-state index in [2.05, 4.69) is 9.97 Å². The summed E-state index contributed by atoms with van der Waals surface area (Å²) in [5, 5.41) is 0.596. The van der Waals surface area contributed by atoms with E-state index in [4.69, 9.17) is 0 Å². The lowest BCUT2D eigenvalue weighted by Crippen LogP contribution is -2.09. The van der Waals surface area contributed by atoms with Crippen LogP contribution >= 0.6 is 11.3 Å². The minimum atomic E-state index is -0.359. The molecule has 0 radical (unpaired) electrons. The number of benzene rings is 2. The van der Waals surface area contributed by atoms with Gasteiger partial charge >= 0.3 is 0 Å². The summed E-state index contributed by atoms with van der Waals surface area (Å²) in [6, 6.07) is 16.0. The second-order valence-electron chi connectivity index (χ2n) is 5.53. The first-order chi connectivity index (χ1) is 11.6. The van der Waals surface area contributed by atoms with Gasteiger partial charge < -0.3 is 4.98 Å². The van der Waals surface area contributed by atoms with Crippen LogP contribution in [0.2, 0.25) is 0 Å². The van der Waals surface area contributed by atoms with Gasteiger partial charge in [-0.15, -0.1) is 11.3 Å². The second kappa shape index (κ2) is 5.69. The number of rotatable bonds is 2. The molecule has 4 aromatic rings. The van der Waals surface area contributed by atoms with Crippen LogP contribution in [0.1, 0.15) is 5.56 Å². The molecule has 0 aliphatic heterocycles. The second-order valence-corrected chi connectivity index (χ2v) is 6.53. The fraction of sp³-hybridized carbons (Fsp3) is 0.0526. The van der Waals surface area contributed by atoms with E-state index in [1.54, 1.807) is 12.1 Å². The number of fused-ring (bicyclic) bond motifs is 1. The molecule has 0 saturated carbocycles. The summed E-state index contributed by atoms with van der Waals surface area (Å²) in [4.78, 5) is 21.6. The number of aromatic nitrogens is 2. The van der Waals surface area contributed by atoms with Crippen molar-refractivity contribution in [3.8, 4) is 21.8 Å². The van der Waals surface area contributed by atoms with Crippen molar-refractivity contribution in [2.75, 3.05) is 0 Å². The Labute approximate surface area is 141 Å². The predicted octanol–water partition coefficient (Wildman–Crippen LogP) is 4.77. The lowest BCUT2D eigenvalue weighted by atomic mass is 10.1. The van der Waals surface area contributed by atoms with E-state index in [9.17, 15) is 9.18 Å². The minimum absolute atomic E-state index is 0.199. The highest BCUT2D eigenvalue weighted by Gasteiger charge is 2.16. The highest BCUT2D eigenvalue weighted by Crippen LogP contribution is 2.36. The van der Waals surface area contributed by atoms with Gasteiger partial charge in [0, 0.05) is 10.4 Å². The van der Waals surface area contributed by atoms with Crippen molar-refractivity contribution in [1.82, 2.24) is 9.97 Å². The van der Waals surface area contributed by atoms with E-state index in [1.165, 1.54) is 23.5 Å². The third-order valence-corrected chi connectivity index (χ3v) is 5.17. The number of aromatic amines is 1. The molecule has 1 N–H and O–H groups in total. The van der Waals surface area contributed by atoms with Gasteiger partial charge in [0.05, 0.1) is 5.39 Å². The Bertz CT molecular complexity index is 1100. The average molecular weight is 336 g/mol. The van der Waals surface area contributed by atoms with Crippen molar-refractivity contribution in [3.63, 3.8) is 0 Å². The van der Waals surface area contributed by atoms with Crippen LogP contribution in [-0.2, 0) is 0 Å². The maximum Gasteiger partial charge on any atom is 0.260 e. The van der Waals surface area contributed by atoms with Crippen molar-refractivity contribution < 1.29 is 4.39 Å². The quantitative estimate of drug-likeness (QED) is 0.573. The third kappa shape index (κ3) is 2.43. The molecule has 0 aliphatic rings. The zero-order valence-corrected chi connectivity index (χ0v) is 13.7. The lowest BCUT2D eigenvalue weighted by molar-refractivity contribution is 0.628. The maximum atomic E-state index is 13.4. The first-order valence-electron chi connectivity index (χ1n) is 7.48. The van der Waals surface area contributed by atoms with Gasteiger partial charge in [0.25, 0.3) is 5.56 Å². The Hall–Kier alpha value is -2.79. The van der Waals surface area contributed by atoms with Crippen LogP contribution in [0.4, 0.5) is 4.39 Å². The molecule has 4 rings (SSSR count). The molecule has 0 atom stereocenters. The molecular formula is C19H13FN2OS. The average Bonchev–Trinajstić information content (AvgIpc) is 2.93. The minimum Gasteiger partial charge on any atom is -0.306 e. The van der Waals surface area contributed by atoms with E-state index >= 15 is 0 Å². The molecule has 2 aromatic carbocycles. The Morgan fingerprint density at radius 1 is 1.04 bits per heavy atom. The van der Waals surface area contributed by atoms with Crippen molar-refractivity contribution in [2.45, 2.75) is 6.92 Å². The normalized spacial score (nSPS) is 11.1. The van der Waals surface area contributed by atoms with Gasteiger partial charge in [-0.05, 0) is 30.2 Å². The van der Waals surface area contributed by atoms with E-state index < -0.39 is 0 Å². The standard InChI is InChI=1S/C19H13FN2OS/c1-11-15-18(23)21-17(13-8-5-9-14(20)10-13)22-19(15)24-16(11)12-6-3-2-4-7-12/h2-10H,1H3,(H,21,22,23). The number of halogens is 1. The fourth-order valence-electron chi connectivity index (χ4n) is 2.78. The van der Waals surface area contributed by atoms with E-state index in [0.29, 0.717) is 21.6 Å². The van der Waals surface area contributed by atoms with Crippen molar-refractivity contribution in [2.24, 2.45) is 0 Å². The Balaban J connectivity index is 1.95. The van der Waals surface area contributed by atoms with Crippen LogP contribution in [0, 0.1) is 12.7 Å². The van der Waals surface area contributed by atoms with Crippen LogP contribution < -0.4 is 5.56 Å². The molecule has 0 spiro atoms. The van der Waals surface area contributed by atoms with Gasteiger partial charge in [-0.2, -0.15) is 0 Å². The number of nitrogens with zero attached hydrogens (tertiary/aromatic N) is 1. The molecule has 118 valence electrons. The fourth-order valence-corrected chi connectivity index (χ4v) is 3.97. The van der Waals surface area contributed by atoms with Crippen LogP contribution in [0.15, 0.2) is 59.4 Å². The molecule has 0 fully saturated rings. The zero-order chi connectivity index (χ0) is 16.7. The highest BCUT2D eigenvalue weighted by atomic mass is 32.1. The van der Waals surface area contributed by atoms with Crippen molar-refractivity contribution >= 4 is 21.6 Å². The van der Waals surface area contributed by atoms with Gasteiger partial charge in [0.1, 0.15) is 16.5 Å². The summed E-state index contributed by atoms with van der Waals surface area (Å²) in [6.07, 6.45) is 0. The van der Waals surface area contributed by atoms with Crippen LogP contribution in [-0.4, -0.2) is 9.97 Å². The van der Waals surface area contributed by atoms with Crippen molar-refractivity contribution in [1.29, 1.82) is 0 Å². The number of hydrogen-bond donors (Lipinski definition) is 1. The molecule has 2 heterocycles. The summed E-state index contributed by atoms with van der Waals surface area (Å²) < 4.78 is 13.4. The summed E-state index contributed by atoms with van der Waals surface area (Å²) in [5.41, 5.74) is 2.34. The SMILES string of the molecule is Cc1c(-c2ccccc2)sc2nc(-c3cccc(F)c3)[nH]c(=O)c12. The van der Waals surface area contributed by atoms with Crippen LogP contribution in [0.3, 0.4) is 0 Å². The molecule has 0 unspecified atom stereocenters. The van der Waals surface area contributed by atoms with E-state index in [1.807, 2.05) is 37.3 Å². The molecule has 2 aromatic heterocycles. The molecular weight excluding hydrogens is 323 g/mol. The Kier molecular flexibility index (Phi) is 3.50. The van der Waals surface area contributed by atoms with E-state index in [0.717, 1.165) is 16.0 Å². The molecule has 0 bridgehead atoms. The summed E-state index contributed by atoms with van der Waals surface area (Å²) in [7, 11) is 0. The summed E-state index contributed by atoms with van der Waals surface area (Å²) in [5.74, 6) is 0.0236. The predicted molar refractivity (Wildman–Crippen MR) is 95.8 cm³/mol. The molecule has 0 amide bonds. The van der Waals surface area contributed by atoms with Crippen LogP contribution in [0.25, 0.3) is 32.0 Å². The number of thiophene rings is 1. The van der Waals surface area contributed by atoms with Crippen LogP contribution in [0.5, 0.6) is 0 Å². The Morgan fingerprint density at radius 3 is 2.54 bits per heavy atom. The molecule has 0 aliphatic carbocycles. The highest BCUT2D eigenvalue weighted by molar-refractivity contribution is 7.22. The van der Waals surface area contributed by atoms with Gasteiger partial charge in [0.15, 0.2) is 0 Å². The summed E-state index contributed by atoms with van der Waals surface area (Å²) in [6.45, 7) is 1.93.